The van der Waals surface area contributed by atoms with E-state index >= 15 is 0 Å². The third-order valence-electron chi connectivity index (χ3n) is 5.45. The topological polar surface area (TPSA) is 9.23 Å². The highest BCUT2D eigenvalue weighted by Gasteiger charge is 2.65. The first-order chi connectivity index (χ1) is 10.4. The first-order valence-corrected chi connectivity index (χ1v) is 7.87. The molecule has 0 amide bonds. The molecule has 1 heterocycles. The van der Waals surface area contributed by atoms with Gasteiger partial charge in [-0.05, 0) is 29.4 Å². The minimum atomic E-state index is -0.239. The zero-order valence-corrected chi connectivity index (χ0v) is 11.9. The molecule has 1 saturated heterocycles. The standard InChI is InChI=1S/C20H18O/c1-3-7-15(8-4-1)20(16-9-5-2-6-10-16)19-17-13-14(17)11-12-18(19)21-20/h1-12,14,17-19H,13H2/t14-,17+,18+,19-/m1/s1. The fraction of sp³-hybridized carbons (Fsp3) is 0.300. The molecule has 21 heavy (non-hydrogen) atoms. The van der Waals surface area contributed by atoms with E-state index in [0.717, 1.165) is 11.8 Å². The largest absolute Gasteiger partial charge is 0.357 e. The molecule has 0 aromatic heterocycles. The first-order valence-electron chi connectivity index (χ1n) is 7.87. The summed E-state index contributed by atoms with van der Waals surface area (Å²) in [4.78, 5) is 0. The van der Waals surface area contributed by atoms with Crippen LogP contribution in [0.5, 0.6) is 0 Å². The molecular weight excluding hydrogens is 256 g/mol. The van der Waals surface area contributed by atoms with Crippen molar-refractivity contribution in [1.82, 2.24) is 0 Å². The minimum absolute atomic E-state index is 0.239. The molecule has 1 saturated carbocycles. The summed E-state index contributed by atoms with van der Waals surface area (Å²) in [6.45, 7) is 0. The lowest BCUT2D eigenvalue weighted by atomic mass is 9.64. The second-order valence-electron chi connectivity index (χ2n) is 6.52. The number of rotatable bonds is 2. The molecule has 3 aliphatic rings. The molecule has 5 rings (SSSR count). The molecular formula is C20H18O. The molecule has 1 aliphatic heterocycles. The fourth-order valence-electron chi connectivity index (χ4n) is 4.41. The van der Waals surface area contributed by atoms with Crippen LogP contribution in [-0.2, 0) is 10.3 Å². The summed E-state index contributed by atoms with van der Waals surface area (Å²) in [5, 5.41) is 0. The van der Waals surface area contributed by atoms with Crippen LogP contribution in [0.1, 0.15) is 17.5 Å². The van der Waals surface area contributed by atoms with Crippen molar-refractivity contribution >= 4 is 0 Å². The van der Waals surface area contributed by atoms with Gasteiger partial charge in [-0.3, -0.25) is 0 Å². The molecule has 0 radical (unpaired) electrons. The summed E-state index contributed by atoms with van der Waals surface area (Å²) in [6, 6.07) is 21.5. The van der Waals surface area contributed by atoms with Crippen molar-refractivity contribution in [3.05, 3.63) is 83.9 Å². The van der Waals surface area contributed by atoms with Crippen LogP contribution >= 0.6 is 0 Å². The van der Waals surface area contributed by atoms with Gasteiger partial charge in [-0.1, -0.05) is 72.8 Å². The van der Waals surface area contributed by atoms with Crippen molar-refractivity contribution in [2.75, 3.05) is 0 Å². The smallest absolute Gasteiger partial charge is 0.125 e. The molecule has 2 fully saturated rings. The highest BCUT2D eigenvalue weighted by atomic mass is 16.5. The van der Waals surface area contributed by atoms with Crippen LogP contribution < -0.4 is 0 Å². The number of hydrogen-bond donors (Lipinski definition) is 0. The van der Waals surface area contributed by atoms with Gasteiger partial charge in [-0.15, -0.1) is 0 Å². The van der Waals surface area contributed by atoms with Crippen molar-refractivity contribution in [2.45, 2.75) is 18.1 Å². The van der Waals surface area contributed by atoms with E-state index in [4.69, 9.17) is 4.74 Å². The van der Waals surface area contributed by atoms with Gasteiger partial charge < -0.3 is 4.74 Å². The SMILES string of the molecule is C1=C[C@@H]2OC(c3ccccc3)(c3ccccc3)[C@@H]2[C@H]2C[C@@H]12. The van der Waals surface area contributed by atoms with Crippen molar-refractivity contribution in [2.24, 2.45) is 17.8 Å². The lowest BCUT2D eigenvalue weighted by Gasteiger charge is -2.56. The van der Waals surface area contributed by atoms with E-state index in [9.17, 15) is 0 Å². The normalized spacial score (nSPS) is 34.5. The summed E-state index contributed by atoms with van der Waals surface area (Å²) in [5.74, 6) is 2.19. The van der Waals surface area contributed by atoms with Crippen LogP contribution in [0.2, 0.25) is 0 Å². The molecule has 0 spiro atoms. The Hall–Kier alpha value is -1.86. The maximum atomic E-state index is 6.51. The number of benzene rings is 2. The zero-order valence-electron chi connectivity index (χ0n) is 11.9. The van der Waals surface area contributed by atoms with E-state index < -0.39 is 0 Å². The third kappa shape index (κ3) is 1.50. The summed E-state index contributed by atoms with van der Waals surface area (Å²) < 4.78 is 6.51. The van der Waals surface area contributed by atoms with Gasteiger partial charge in [0.25, 0.3) is 0 Å². The molecule has 0 bridgehead atoms. The van der Waals surface area contributed by atoms with Crippen molar-refractivity contribution < 1.29 is 4.74 Å². The van der Waals surface area contributed by atoms with Crippen LogP contribution in [0, 0.1) is 17.8 Å². The van der Waals surface area contributed by atoms with E-state index in [-0.39, 0.29) is 5.60 Å². The average molecular weight is 274 g/mol. The van der Waals surface area contributed by atoms with E-state index in [1.165, 1.54) is 17.5 Å². The molecule has 1 heteroatoms. The van der Waals surface area contributed by atoms with Gasteiger partial charge in [0, 0.05) is 5.92 Å². The predicted molar refractivity (Wildman–Crippen MR) is 82.8 cm³/mol. The lowest BCUT2D eigenvalue weighted by molar-refractivity contribution is -0.236. The molecule has 0 N–H and O–H groups in total. The Balaban J connectivity index is 1.68. The zero-order chi connectivity index (χ0) is 13.9. The summed E-state index contributed by atoms with van der Waals surface area (Å²) in [7, 11) is 0. The van der Waals surface area contributed by atoms with Crippen LogP contribution in [0.15, 0.2) is 72.8 Å². The minimum Gasteiger partial charge on any atom is -0.357 e. The van der Waals surface area contributed by atoms with Crippen LogP contribution in [0.4, 0.5) is 0 Å². The third-order valence-corrected chi connectivity index (χ3v) is 5.45. The Kier molecular flexibility index (Phi) is 2.29. The Bertz CT molecular complexity index is 649. The molecule has 2 aromatic carbocycles. The molecule has 104 valence electrons. The number of hydrogen-bond acceptors (Lipinski definition) is 1. The maximum Gasteiger partial charge on any atom is 0.125 e. The van der Waals surface area contributed by atoms with Crippen molar-refractivity contribution in [3.8, 4) is 0 Å². The predicted octanol–water partition coefficient (Wildman–Crippen LogP) is 4.15. The van der Waals surface area contributed by atoms with Crippen LogP contribution in [-0.4, -0.2) is 6.10 Å². The Morgan fingerprint density at radius 1 is 0.810 bits per heavy atom. The van der Waals surface area contributed by atoms with Gasteiger partial charge in [-0.2, -0.15) is 0 Å². The van der Waals surface area contributed by atoms with Crippen LogP contribution in [0.3, 0.4) is 0 Å². The van der Waals surface area contributed by atoms with Gasteiger partial charge in [0.05, 0.1) is 6.10 Å². The first kappa shape index (κ1) is 11.8. The number of fused-ring (bicyclic) bond motifs is 3. The summed E-state index contributed by atoms with van der Waals surface area (Å²) >= 11 is 0. The highest BCUT2D eigenvalue weighted by Crippen LogP contribution is 2.64. The number of allylic oxidation sites excluding steroid dienone is 1. The van der Waals surface area contributed by atoms with E-state index in [1.807, 2.05) is 0 Å². The highest BCUT2D eigenvalue weighted by molar-refractivity contribution is 5.43. The molecule has 2 aliphatic carbocycles. The van der Waals surface area contributed by atoms with Gasteiger partial charge in [-0.25, -0.2) is 0 Å². The maximum absolute atomic E-state index is 6.51. The molecule has 1 nitrogen and oxygen atoms in total. The fourth-order valence-corrected chi connectivity index (χ4v) is 4.41. The monoisotopic (exact) mass is 274 g/mol. The average Bonchev–Trinajstić information content (AvgIpc) is 3.28. The summed E-state index contributed by atoms with van der Waals surface area (Å²) in [5.41, 5.74) is 2.37. The lowest BCUT2D eigenvalue weighted by Crippen LogP contribution is -2.59. The quantitative estimate of drug-likeness (QED) is 0.747. The van der Waals surface area contributed by atoms with Crippen LogP contribution in [0.25, 0.3) is 0 Å². The Morgan fingerprint density at radius 2 is 1.43 bits per heavy atom. The van der Waals surface area contributed by atoms with E-state index in [0.29, 0.717) is 12.0 Å². The van der Waals surface area contributed by atoms with Gasteiger partial charge in [0.1, 0.15) is 5.60 Å². The summed E-state index contributed by atoms with van der Waals surface area (Å²) in [6.07, 6.45) is 6.30. The van der Waals surface area contributed by atoms with E-state index in [1.54, 1.807) is 0 Å². The Morgan fingerprint density at radius 3 is 2.05 bits per heavy atom. The second-order valence-corrected chi connectivity index (χ2v) is 6.52. The Labute approximate surface area is 125 Å². The van der Waals surface area contributed by atoms with Gasteiger partial charge in [0.15, 0.2) is 0 Å². The van der Waals surface area contributed by atoms with Gasteiger partial charge in [0.2, 0.25) is 0 Å². The molecule has 0 unspecified atom stereocenters. The van der Waals surface area contributed by atoms with Crippen molar-refractivity contribution in [3.63, 3.8) is 0 Å². The molecule has 2 aromatic rings. The van der Waals surface area contributed by atoms with E-state index in [2.05, 4.69) is 72.8 Å². The number of ether oxygens (including phenoxy) is 1. The van der Waals surface area contributed by atoms with Gasteiger partial charge >= 0.3 is 0 Å². The van der Waals surface area contributed by atoms with Crippen molar-refractivity contribution in [1.29, 1.82) is 0 Å². The second kappa shape index (κ2) is 4.08. The molecule has 4 atom stereocenters.